The second-order valence-electron chi connectivity index (χ2n) is 5.32. The monoisotopic (exact) mass is 351 g/mol. The van der Waals surface area contributed by atoms with Crippen molar-refractivity contribution in [2.75, 3.05) is 0 Å². The van der Waals surface area contributed by atoms with Crippen molar-refractivity contribution in [3.63, 3.8) is 0 Å². The molecule has 2 aromatic carbocycles. The van der Waals surface area contributed by atoms with Gasteiger partial charge in [0, 0.05) is 16.8 Å². The lowest BCUT2D eigenvalue weighted by molar-refractivity contribution is -0.120. The third-order valence-electron chi connectivity index (χ3n) is 3.50. The quantitative estimate of drug-likeness (QED) is 0.795. The number of carbonyl (C=O) groups excluding carboxylic acids is 1. The van der Waals surface area contributed by atoms with E-state index in [-0.39, 0.29) is 22.2 Å². The fourth-order valence-corrected chi connectivity index (χ4v) is 3.38. The summed E-state index contributed by atoms with van der Waals surface area (Å²) in [6.07, 6.45) is 0. The highest BCUT2D eigenvalue weighted by Gasteiger charge is 2.17. The maximum atomic E-state index is 12.8. The van der Waals surface area contributed by atoms with E-state index in [9.17, 15) is 9.18 Å². The maximum absolute atomic E-state index is 12.8. The lowest BCUT2D eigenvalue weighted by atomic mass is 10.2. The Kier molecular flexibility index (Phi) is 6.48. The highest BCUT2D eigenvalue weighted by atomic mass is 35.5. The van der Waals surface area contributed by atoms with Crippen LogP contribution in [0.1, 0.15) is 30.2 Å². The van der Waals surface area contributed by atoms with Gasteiger partial charge in [-0.25, -0.2) is 4.39 Å². The molecule has 0 fully saturated rings. The molecule has 0 aliphatic heterocycles. The van der Waals surface area contributed by atoms with E-state index in [1.165, 1.54) is 12.1 Å². The molecule has 2 unspecified atom stereocenters. The van der Waals surface area contributed by atoms with Crippen LogP contribution in [0.15, 0.2) is 48.5 Å². The molecule has 0 spiro atoms. The van der Waals surface area contributed by atoms with E-state index in [2.05, 4.69) is 12.2 Å². The Hall–Kier alpha value is -1.52. The fourth-order valence-electron chi connectivity index (χ4n) is 2.12. The summed E-state index contributed by atoms with van der Waals surface area (Å²) >= 11 is 7.48. The summed E-state index contributed by atoms with van der Waals surface area (Å²) in [5, 5.41) is 3.60. The SMILES string of the molecule is CC(SC(C)c1ccc(Cl)cc1)C(=O)NCc1ccc(F)cc1. The first-order chi connectivity index (χ1) is 11.0. The van der Waals surface area contributed by atoms with Crippen LogP contribution >= 0.6 is 23.4 Å². The summed E-state index contributed by atoms with van der Waals surface area (Å²) < 4.78 is 12.8. The fraction of sp³-hybridized carbons (Fsp3) is 0.278. The van der Waals surface area contributed by atoms with Crippen LogP contribution in [0.3, 0.4) is 0 Å². The van der Waals surface area contributed by atoms with E-state index in [1.807, 2.05) is 31.2 Å². The van der Waals surface area contributed by atoms with Crippen molar-refractivity contribution in [1.29, 1.82) is 0 Å². The van der Waals surface area contributed by atoms with Gasteiger partial charge in [0.25, 0.3) is 0 Å². The number of carbonyl (C=O) groups is 1. The minimum absolute atomic E-state index is 0.0276. The second-order valence-corrected chi connectivity index (χ2v) is 7.44. The summed E-state index contributed by atoms with van der Waals surface area (Å²) in [5.74, 6) is -0.305. The van der Waals surface area contributed by atoms with Gasteiger partial charge in [-0.3, -0.25) is 4.79 Å². The van der Waals surface area contributed by atoms with Gasteiger partial charge in [-0.2, -0.15) is 0 Å². The third-order valence-corrected chi connectivity index (χ3v) is 5.05. The maximum Gasteiger partial charge on any atom is 0.233 e. The van der Waals surface area contributed by atoms with Gasteiger partial charge in [-0.05, 0) is 49.2 Å². The Morgan fingerprint density at radius 2 is 1.74 bits per heavy atom. The first-order valence-corrected chi connectivity index (χ1v) is 8.71. The largest absolute Gasteiger partial charge is 0.351 e. The second kappa shape index (κ2) is 8.37. The van der Waals surface area contributed by atoms with Crippen LogP contribution in [0.5, 0.6) is 0 Å². The zero-order valence-electron chi connectivity index (χ0n) is 13.1. The lowest BCUT2D eigenvalue weighted by Gasteiger charge is -2.17. The predicted molar refractivity (Wildman–Crippen MR) is 95.2 cm³/mol. The number of halogens is 2. The van der Waals surface area contributed by atoms with Crippen molar-refractivity contribution in [1.82, 2.24) is 5.32 Å². The number of benzene rings is 2. The molecular formula is C18H19ClFNOS. The number of amides is 1. The van der Waals surface area contributed by atoms with Gasteiger partial charge in [0.05, 0.1) is 5.25 Å². The number of thioether (sulfide) groups is 1. The molecule has 0 saturated heterocycles. The Balaban J connectivity index is 1.84. The van der Waals surface area contributed by atoms with E-state index in [0.717, 1.165) is 11.1 Å². The minimum Gasteiger partial charge on any atom is -0.351 e. The van der Waals surface area contributed by atoms with E-state index in [4.69, 9.17) is 11.6 Å². The van der Waals surface area contributed by atoms with Crippen LogP contribution in [0.25, 0.3) is 0 Å². The van der Waals surface area contributed by atoms with E-state index in [1.54, 1.807) is 23.9 Å². The molecule has 1 N–H and O–H groups in total. The molecule has 122 valence electrons. The number of rotatable bonds is 6. The molecule has 2 rings (SSSR count). The zero-order valence-corrected chi connectivity index (χ0v) is 14.6. The van der Waals surface area contributed by atoms with E-state index < -0.39 is 0 Å². The summed E-state index contributed by atoms with van der Waals surface area (Å²) in [5.41, 5.74) is 2.01. The van der Waals surface area contributed by atoms with Crippen molar-refractivity contribution >= 4 is 29.3 Å². The lowest BCUT2D eigenvalue weighted by Crippen LogP contribution is -2.30. The number of hydrogen-bond donors (Lipinski definition) is 1. The molecule has 5 heteroatoms. The molecule has 0 heterocycles. The predicted octanol–water partition coefficient (Wildman–Crippen LogP) is 4.98. The summed E-state index contributed by atoms with van der Waals surface area (Å²) in [6, 6.07) is 13.8. The molecular weight excluding hydrogens is 333 g/mol. The molecule has 0 aliphatic rings. The van der Waals surface area contributed by atoms with Gasteiger partial charge < -0.3 is 5.32 Å². The van der Waals surface area contributed by atoms with Gasteiger partial charge in [-0.15, -0.1) is 11.8 Å². The molecule has 0 aromatic heterocycles. The van der Waals surface area contributed by atoms with E-state index >= 15 is 0 Å². The average molecular weight is 352 g/mol. The van der Waals surface area contributed by atoms with Crippen molar-refractivity contribution in [3.05, 3.63) is 70.5 Å². The topological polar surface area (TPSA) is 29.1 Å². The van der Waals surface area contributed by atoms with Gasteiger partial charge in [0.1, 0.15) is 5.82 Å². The van der Waals surface area contributed by atoms with Gasteiger partial charge in [-0.1, -0.05) is 35.9 Å². The molecule has 0 bridgehead atoms. The van der Waals surface area contributed by atoms with E-state index in [0.29, 0.717) is 11.6 Å². The average Bonchev–Trinajstić information content (AvgIpc) is 2.54. The third kappa shape index (κ3) is 5.56. The first-order valence-electron chi connectivity index (χ1n) is 7.39. The molecule has 0 saturated carbocycles. The normalized spacial score (nSPS) is 13.4. The van der Waals surface area contributed by atoms with Gasteiger partial charge >= 0.3 is 0 Å². The van der Waals surface area contributed by atoms with Crippen LogP contribution in [0.4, 0.5) is 4.39 Å². The molecule has 23 heavy (non-hydrogen) atoms. The molecule has 0 radical (unpaired) electrons. The van der Waals surface area contributed by atoms with Gasteiger partial charge in [0.2, 0.25) is 5.91 Å². The van der Waals surface area contributed by atoms with Crippen molar-refractivity contribution < 1.29 is 9.18 Å². The standard InChI is InChI=1S/C18H19ClFNOS/c1-12(15-5-7-16(19)8-6-15)23-13(2)18(22)21-11-14-3-9-17(20)10-4-14/h3-10,12-13H,11H2,1-2H3,(H,21,22). The van der Waals surface area contributed by atoms with Crippen LogP contribution in [0.2, 0.25) is 5.02 Å². The first kappa shape index (κ1) is 17.8. The Morgan fingerprint density at radius 1 is 1.13 bits per heavy atom. The summed E-state index contributed by atoms with van der Waals surface area (Å²) in [7, 11) is 0. The van der Waals surface area contributed by atoms with Crippen LogP contribution in [-0.2, 0) is 11.3 Å². The smallest absolute Gasteiger partial charge is 0.233 e. The molecule has 2 aromatic rings. The van der Waals surface area contributed by atoms with Crippen molar-refractivity contribution in [2.45, 2.75) is 30.9 Å². The number of hydrogen-bond acceptors (Lipinski definition) is 2. The Bertz CT molecular complexity index is 645. The molecule has 0 aliphatic carbocycles. The van der Waals surface area contributed by atoms with Gasteiger partial charge in [0.15, 0.2) is 0 Å². The molecule has 2 atom stereocenters. The van der Waals surface area contributed by atoms with Crippen LogP contribution < -0.4 is 5.32 Å². The summed E-state index contributed by atoms with van der Waals surface area (Å²) in [6.45, 7) is 4.36. The molecule has 2 nitrogen and oxygen atoms in total. The van der Waals surface area contributed by atoms with Crippen LogP contribution in [-0.4, -0.2) is 11.2 Å². The summed E-state index contributed by atoms with van der Waals surface area (Å²) in [4.78, 5) is 12.2. The Labute approximate surface area is 145 Å². The van der Waals surface area contributed by atoms with Crippen molar-refractivity contribution in [3.8, 4) is 0 Å². The Morgan fingerprint density at radius 3 is 2.35 bits per heavy atom. The minimum atomic E-state index is -0.277. The number of nitrogens with one attached hydrogen (secondary N) is 1. The molecule has 1 amide bonds. The van der Waals surface area contributed by atoms with Crippen LogP contribution in [0, 0.1) is 5.82 Å². The highest BCUT2D eigenvalue weighted by molar-refractivity contribution is 8.00. The van der Waals surface area contributed by atoms with Crippen molar-refractivity contribution in [2.24, 2.45) is 0 Å². The highest BCUT2D eigenvalue weighted by Crippen LogP contribution is 2.32. The zero-order chi connectivity index (χ0) is 16.8.